The van der Waals surface area contributed by atoms with Gasteiger partial charge in [0.1, 0.15) is 5.75 Å². The highest BCUT2D eigenvalue weighted by Gasteiger charge is 2.41. The molecule has 2 fully saturated rings. The molecule has 25 heavy (non-hydrogen) atoms. The second-order valence-corrected chi connectivity index (χ2v) is 8.74. The summed E-state index contributed by atoms with van der Waals surface area (Å²) >= 11 is 0. The van der Waals surface area contributed by atoms with E-state index in [4.69, 9.17) is 4.74 Å². The lowest BCUT2D eigenvalue weighted by Gasteiger charge is -2.44. The van der Waals surface area contributed by atoms with Gasteiger partial charge < -0.3 is 14.7 Å². The van der Waals surface area contributed by atoms with Gasteiger partial charge in [-0.1, -0.05) is 38.2 Å². The third-order valence-corrected chi connectivity index (χ3v) is 6.75. The van der Waals surface area contributed by atoms with E-state index in [0.717, 1.165) is 57.0 Å². The summed E-state index contributed by atoms with van der Waals surface area (Å²) in [5, 5.41) is 11.3. The van der Waals surface area contributed by atoms with Crippen LogP contribution in [0.3, 0.4) is 0 Å². The van der Waals surface area contributed by atoms with E-state index in [0.29, 0.717) is 0 Å². The molecule has 1 aliphatic heterocycles. The Balaban J connectivity index is 1.52. The van der Waals surface area contributed by atoms with Crippen molar-refractivity contribution in [2.24, 2.45) is 5.92 Å². The van der Waals surface area contributed by atoms with Crippen LogP contribution in [0.5, 0.6) is 5.75 Å². The van der Waals surface area contributed by atoms with Crippen molar-refractivity contribution in [3.8, 4) is 5.75 Å². The van der Waals surface area contributed by atoms with Gasteiger partial charge in [-0.2, -0.15) is 0 Å². The Bertz CT molecular complexity index is 588. The summed E-state index contributed by atoms with van der Waals surface area (Å²) < 4.78 is 6.12. The minimum absolute atomic E-state index is 0.241. The summed E-state index contributed by atoms with van der Waals surface area (Å²) in [4.78, 5) is 2.36. The predicted octanol–water partition coefficient (Wildman–Crippen LogP) is 4.48. The number of hydrogen-bond donors (Lipinski definition) is 1. The molecule has 0 aromatic heterocycles. The lowest BCUT2D eigenvalue weighted by molar-refractivity contribution is -0.0333. The van der Waals surface area contributed by atoms with Crippen LogP contribution >= 0.6 is 0 Å². The minimum atomic E-state index is -0.520. The summed E-state index contributed by atoms with van der Waals surface area (Å²) in [5.41, 5.74) is 2.19. The molecule has 3 aliphatic rings. The summed E-state index contributed by atoms with van der Waals surface area (Å²) in [7, 11) is 2.17. The Morgan fingerprint density at radius 3 is 2.64 bits per heavy atom. The van der Waals surface area contributed by atoms with Crippen molar-refractivity contribution in [3.05, 3.63) is 29.3 Å². The number of fused-ring (bicyclic) bond motifs is 1. The Morgan fingerprint density at radius 2 is 1.88 bits per heavy atom. The van der Waals surface area contributed by atoms with Gasteiger partial charge in [-0.25, -0.2) is 0 Å². The largest absolute Gasteiger partial charge is 0.493 e. The number of benzene rings is 1. The molecule has 1 aromatic carbocycles. The molecule has 3 heteroatoms. The van der Waals surface area contributed by atoms with Gasteiger partial charge in [-0.15, -0.1) is 0 Å². The standard InChI is InChI=1S/C22H33NO2/c1-23-14-18-13-19(25-16-17-7-3-4-8-17)9-10-20(18)21(15-23)22(24)11-5-2-6-12-22/h9-10,13,17,21,24H,2-8,11-12,14-16H2,1H3. The highest BCUT2D eigenvalue weighted by Crippen LogP contribution is 2.44. The first kappa shape index (κ1) is 17.4. The van der Waals surface area contributed by atoms with Crippen LogP contribution in [-0.2, 0) is 6.54 Å². The molecule has 0 saturated heterocycles. The predicted molar refractivity (Wildman–Crippen MR) is 101 cm³/mol. The van der Waals surface area contributed by atoms with Crippen molar-refractivity contribution in [3.63, 3.8) is 0 Å². The normalized spacial score (nSPS) is 27.2. The average molecular weight is 344 g/mol. The van der Waals surface area contributed by atoms with Crippen molar-refractivity contribution in [2.45, 2.75) is 75.9 Å². The fraction of sp³-hybridized carbons (Fsp3) is 0.727. The number of rotatable bonds is 4. The van der Waals surface area contributed by atoms with E-state index in [1.165, 1.54) is 43.2 Å². The topological polar surface area (TPSA) is 32.7 Å². The molecular formula is C22H33NO2. The molecule has 1 heterocycles. The smallest absolute Gasteiger partial charge is 0.119 e. The summed E-state index contributed by atoms with van der Waals surface area (Å²) in [5.74, 6) is 2.00. The van der Waals surface area contributed by atoms with Gasteiger partial charge >= 0.3 is 0 Å². The number of likely N-dealkylation sites (N-methyl/N-ethyl adjacent to an activating group) is 1. The van der Waals surface area contributed by atoms with Crippen molar-refractivity contribution < 1.29 is 9.84 Å². The maximum Gasteiger partial charge on any atom is 0.119 e. The third-order valence-electron chi connectivity index (χ3n) is 6.75. The van der Waals surface area contributed by atoms with Crippen LogP contribution in [-0.4, -0.2) is 35.8 Å². The lowest BCUT2D eigenvalue weighted by atomic mass is 9.70. The molecule has 0 radical (unpaired) electrons. The Labute approximate surface area is 152 Å². The number of aliphatic hydroxyl groups is 1. The molecule has 2 aliphatic carbocycles. The quantitative estimate of drug-likeness (QED) is 0.875. The highest BCUT2D eigenvalue weighted by atomic mass is 16.5. The Morgan fingerprint density at radius 1 is 1.12 bits per heavy atom. The number of hydrogen-bond acceptors (Lipinski definition) is 3. The Hall–Kier alpha value is -1.06. The molecule has 1 atom stereocenters. The molecule has 1 N–H and O–H groups in total. The molecule has 138 valence electrons. The van der Waals surface area contributed by atoms with Gasteiger partial charge in [0.15, 0.2) is 0 Å². The molecule has 0 bridgehead atoms. The second kappa shape index (κ2) is 7.28. The van der Waals surface area contributed by atoms with Crippen molar-refractivity contribution in [1.29, 1.82) is 0 Å². The summed E-state index contributed by atoms with van der Waals surface area (Å²) in [6.07, 6.45) is 10.9. The zero-order chi connectivity index (χ0) is 17.3. The molecule has 3 nitrogen and oxygen atoms in total. The minimum Gasteiger partial charge on any atom is -0.493 e. The van der Waals surface area contributed by atoms with E-state index in [1.807, 2.05) is 0 Å². The van der Waals surface area contributed by atoms with E-state index in [1.54, 1.807) is 0 Å². The van der Waals surface area contributed by atoms with Crippen molar-refractivity contribution in [1.82, 2.24) is 4.90 Å². The van der Waals surface area contributed by atoms with Crippen molar-refractivity contribution >= 4 is 0 Å². The fourth-order valence-electron chi connectivity index (χ4n) is 5.28. The molecular weight excluding hydrogens is 310 g/mol. The maximum absolute atomic E-state index is 11.3. The van der Waals surface area contributed by atoms with E-state index in [-0.39, 0.29) is 5.92 Å². The molecule has 0 amide bonds. The fourth-order valence-corrected chi connectivity index (χ4v) is 5.28. The Kier molecular flexibility index (Phi) is 5.06. The van der Waals surface area contributed by atoms with Crippen LogP contribution < -0.4 is 4.74 Å². The van der Waals surface area contributed by atoms with Gasteiger partial charge in [0.2, 0.25) is 0 Å². The van der Waals surface area contributed by atoms with E-state index < -0.39 is 5.60 Å². The summed E-state index contributed by atoms with van der Waals surface area (Å²) in [6, 6.07) is 6.61. The van der Waals surface area contributed by atoms with Crippen LogP contribution in [0.25, 0.3) is 0 Å². The second-order valence-electron chi connectivity index (χ2n) is 8.74. The van der Waals surface area contributed by atoms with Gasteiger partial charge in [-0.05, 0) is 61.9 Å². The molecule has 0 spiro atoms. The summed E-state index contributed by atoms with van der Waals surface area (Å²) in [6.45, 7) is 2.79. The zero-order valence-electron chi connectivity index (χ0n) is 15.7. The number of ether oxygens (including phenoxy) is 1. The van der Waals surface area contributed by atoms with E-state index >= 15 is 0 Å². The van der Waals surface area contributed by atoms with Gasteiger partial charge in [-0.3, -0.25) is 0 Å². The van der Waals surface area contributed by atoms with Gasteiger partial charge in [0, 0.05) is 19.0 Å². The monoisotopic (exact) mass is 343 g/mol. The van der Waals surface area contributed by atoms with Crippen LogP contribution in [0.15, 0.2) is 18.2 Å². The van der Waals surface area contributed by atoms with Gasteiger partial charge in [0.05, 0.1) is 12.2 Å². The van der Waals surface area contributed by atoms with Crippen LogP contribution in [0.4, 0.5) is 0 Å². The molecule has 1 aromatic rings. The van der Waals surface area contributed by atoms with Crippen LogP contribution in [0.1, 0.15) is 74.8 Å². The third kappa shape index (κ3) is 3.73. The highest BCUT2D eigenvalue weighted by molar-refractivity contribution is 5.41. The first-order valence-electron chi connectivity index (χ1n) is 10.3. The first-order chi connectivity index (χ1) is 12.1. The van der Waals surface area contributed by atoms with Crippen LogP contribution in [0.2, 0.25) is 0 Å². The SMILES string of the molecule is CN1Cc2cc(OCC3CCCC3)ccc2C(C2(O)CCCCC2)C1. The maximum atomic E-state index is 11.3. The van der Waals surface area contributed by atoms with Gasteiger partial charge in [0.25, 0.3) is 0 Å². The van der Waals surface area contributed by atoms with Crippen LogP contribution in [0, 0.1) is 5.92 Å². The lowest BCUT2D eigenvalue weighted by Crippen LogP contribution is -2.46. The molecule has 1 unspecified atom stereocenters. The van der Waals surface area contributed by atoms with E-state index in [9.17, 15) is 5.11 Å². The van der Waals surface area contributed by atoms with E-state index in [2.05, 4.69) is 30.1 Å². The zero-order valence-corrected chi connectivity index (χ0v) is 15.7. The number of nitrogens with zero attached hydrogens (tertiary/aromatic N) is 1. The molecule has 4 rings (SSSR count). The first-order valence-corrected chi connectivity index (χ1v) is 10.3. The molecule has 2 saturated carbocycles. The van der Waals surface area contributed by atoms with Crippen molar-refractivity contribution in [2.75, 3.05) is 20.2 Å². The average Bonchev–Trinajstić information content (AvgIpc) is 3.13.